The first-order chi connectivity index (χ1) is 16.0. The van der Waals surface area contributed by atoms with E-state index in [1.807, 2.05) is 0 Å². The van der Waals surface area contributed by atoms with Gasteiger partial charge in [0.05, 0.1) is 6.04 Å². The van der Waals surface area contributed by atoms with Crippen LogP contribution in [0, 0.1) is 0 Å². The summed E-state index contributed by atoms with van der Waals surface area (Å²) >= 11 is 0. The maximum absolute atomic E-state index is 12.5. The lowest BCUT2D eigenvalue weighted by Crippen LogP contribution is -2.47. The fraction of sp³-hybridized carbons (Fsp3) is 0.611. The molecule has 16 heteroatoms. The van der Waals surface area contributed by atoms with E-state index in [4.69, 9.17) is 33.2 Å². The largest absolute Gasteiger partial charge is 0.480 e. The number of amides is 4. The predicted molar refractivity (Wildman–Crippen MR) is 118 cm³/mol. The van der Waals surface area contributed by atoms with Crippen molar-refractivity contribution in [2.75, 3.05) is 6.54 Å². The molecule has 0 aliphatic rings. The maximum atomic E-state index is 12.5. The number of aliphatic carboxylic acids is 1. The number of nitrogens with two attached hydrogens (primary N) is 5. The monoisotopic (exact) mass is 484 g/mol. The van der Waals surface area contributed by atoms with Gasteiger partial charge in [0.2, 0.25) is 17.7 Å². The van der Waals surface area contributed by atoms with E-state index in [1.165, 1.54) is 0 Å². The van der Waals surface area contributed by atoms with Crippen molar-refractivity contribution in [3.63, 3.8) is 0 Å². The van der Waals surface area contributed by atoms with Crippen LogP contribution in [-0.4, -0.2) is 57.6 Å². The van der Waals surface area contributed by atoms with Crippen LogP contribution >= 0.6 is 0 Å². The van der Waals surface area contributed by atoms with Gasteiger partial charge in [0, 0.05) is 19.4 Å². The Kier molecular flexibility index (Phi) is 11.8. The van der Waals surface area contributed by atoms with E-state index in [0.29, 0.717) is 6.42 Å². The van der Waals surface area contributed by atoms with Crippen molar-refractivity contribution >= 4 is 29.8 Å². The molecule has 0 saturated heterocycles. The normalized spacial score (nSPS) is 13.3. The quantitative estimate of drug-likeness (QED) is 0.0709. The van der Waals surface area contributed by atoms with Crippen LogP contribution in [-0.2, 0) is 14.4 Å². The summed E-state index contributed by atoms with van der Waals surface area (Å²) in [6.45, 7) is 0.256. The fourth-order valence-corrected chi connectivity index (χ4v) is 2.82. The highest BCUT2D eigenvalue weighted by Crippen LogP contribution is 2.20. The molecule has 1 rings (SSSR count). The second-order valence-corrected chi connectivity index (χ2v) is 7.47. The zero-order chi connectivity index (χ0) is 25.7. The van der Waals surface area contributed by atoms with Crippen molar-refractivity contribution in [1.82, 2.24) is 20.8 Å². The second kappa shape index (κ2) is 14.2. The molecule has 0 fully saturated rings. The first-order valence-electron chi connectivity index (χ1n) is 10.5. The molecule has 0 spiro atoms. The number of rotatable bonds is 16. The van der Waals surface area contributed by atoms with Gasteiger partial charge >= 0.3 is 12.0 Å². The zero-order valence-electron chi connectivity index (χ0n) is 18.6. The average molecular weight is 485 g/mol. The number of aliphatic imine (C=N–C) groups is 1. The lowest BCUT2D eigenvalue weighted by molar-refractivity contribution is -0.139. The molecule has 1 aromatic rings. The molecule has 0 bridgehead atoms. The minimum atomic E-state index is -1.27. The summed E-state index contributed by atoms with van der Waals surface area (Å²) in [6.07, 6.45) is 1.08. The molecule has 34 heavy (non-hydrogen) atoms. The summed E-state index contributed by atoms with van der Waals surface area (Å²) in [5.74, 6) is -2.34. The van der Waals surface area contributed by atoms with E-state index < -0.39 is 41.9 Å². The van der Waals surface area contributed by atoms with Crippen molar-refractivity contribution < 1.29 is 28.8 Å². The number of hydrogen-bond donors (Lipinski definition) is 8. The molecule has 1 heterocycles. The molecule has 0 aromatic carbocycles. The number of carboxylic acids is 1. The summed E-state index contributed by atoms with van der Waals surface area (Å²) in [5, 5.41) is 18.0. The molecule has 190 valence electrons. The lowest BCUT2D eigenvalue weighted by atomic mass is 10.1. The van der Waals surface area contributed by atoms with Crippen molar-refractivity contribution in [3.05, 3.63) is 11.7 Å². The van der Waals surface area contributed by atoms with Gasteiger partial charge in [0.15, 0.2) is 11.8 Å². The number of nitrogens with one attached hydrogen (secondary N) is 2. The Morgan fingerprint density at radius 3 is 2.24 bits per heavy atom. The summed E-state index contributed by atoms with van der Waals surface area (Å²) in [5.41, 5.74) is 26.7. The van der Waals surface area contributed by atoms with Gasteiger partial charge in [-0.05, 0) is 32.1 Å². The number of urea groups is 1. The number of primary amides is 2. The molecule has 0 aliphatic carbocycles. The molecule has 16 nitrogen and oxygen atoms in total. The highest BCUT2D eigenvalue weighted by Gasteiger charge is 2.26. The molecule has 0 aliphatic heterocycles. The standard InChI is InChI=1S/C18H32N10O6/c19-9(6-7-13(21)30)14-27-15(34-28-14)10(4-2-8-24-17(22)23)25-18(33)26-11(16(31)32)3-1-5-12(20)29/h9-11H,1-8,19H2,(H2,20,29)(H2,21,30)(H,31,32)(H4,22,23,24)(H2,25,26,33)/t9-,10-,11-/m0/s1. The zero-order valence-corrected chi connectivity index (χ0v) is 18.6. The fourth-order valence-electron chi connectivity index (χ4n) is 2.82. The van der Waals surface area contributed by atoms with Crippen LogP contribution in [0.3, 0.4) is 0 Å². The number of carboxylic acid groups (broad SMARTS) is 1. The van der Waals surface area contributed by atoms with Gasteiger partial charge in [-0.2, -0.15) is 4.98 Å². The van der Waals surface area contributed by atoms with E-state index in [-0.39, 0.29) is 62.7 Å². The topological polar surface area (TPSA) is 294 Å². The van der Waals surface area contributed by atoms with Gasteiger partial charge in [-0.25, -0.2) is 9.59 Å². The molecule has 0 unspecified atom stereocenters. The maximum Gasteiger partial charge on any atom is 0.326 e. The van der Waals surface area contributed by atoms with Gasteiger partial charge in [0.1, 0.15) is 12.1 Å². The van der Waals surface area contributed by atoms with Crippen LogP contribution in [0.5, 0.6) is 0 Å². The second-order valence-electron chi connectivity index (χ2n) is 7.47. The number of carbonyl (C=O) groups is 4. The molecular formula is C18H32N10O6. The number of aromatic nitrogens is 2. The third kappa shape index (κ3) is 11.1. The van der Waals surface area contributed by atoms with Crippen LogP contribution in [0.25, 0.3) is 0 Å². The van der Waals surface area contributed by atoms with Crippen LogP contribution in [0.4, 0.5) is 4.79 Å². The average Bonchev–Trinajstić information content (AvgIpc) is 3.23. The smallest absolute Gasteiger partial charge is 0.326 e. The SMILES string of the molecule is NC(=O)CCC[C@H](NC(=O)N[C@@H](CCCN=C(N)N)c1nc([C@@H](N)CCC(N)=O)no1)C(=O)O. The molecule has 4 amide bonds. The lowest BCUT2D eigenvalue weighted by Gasteiger charge is -2.18. The van der Waals surface area contributed by atoms with E-state index in [2.05, 4.69) is 25.8 Å². The predicted octanol–water partition coefficient (Wildman–Crippen LogP) is -2.16. The Balaban J connectivity index is 2.87. The van der Waals surface area contributed by atoms with Gasteiger partial charge in [-0.15, -0.1) is 0 Å². The summed E-state index contributed by atoms with van der Waals surface area (Å²) in [4.78, 5) is 53.8. The minimum absolute atomic E-state index is 0.000272. The molecule has 13 N–H and O–H groups in total. The Labute approximate surface area is 195 Å². The number of guanidine groups is 1. The Morgan fingerprint density at radius 1 is 0.971 bits per heavy atom. The molecule has 3 atom stereocenters. The van der Waals surface area contributed by atoms with Crippen molar-refractivity contribution in [3.8, 4) is 0 Å². The minimum Gasteiger partial charge on any atom is -0.480 e. The van der Waals surface area contributed by atoms with Gasteiger partial charge in [-0.1, -0.05) is 5.16 Å². The van der Waals surface area contributed by atoms with Crippen molar-refractivity contribution in [1.29, 1.82) is 0 Å². The third-order valence-corrected chi connectivity index (χ3v) is 4.56. The van der Waals surface area contributed by atoms with Crippen LogP contribution in [0.2, 0.25) is 0 Å². The number of nitrogens with zero attached hydrogens (tertiary/aromatic N) is 3. The van der Waals surface area contributed by atoms with Gasteiger partial charge < -0.3 is 48.9 Å². The van der Waals surface area contributed by atoms with E-state index in [1.54, 1.807) is 0 Å². The van der Waals surface area contributed by atoms with Crippen LogP contribution < -0.4 is 39.3 Å². The van der Waals surface area contributed by atoms with Crippen molar-refractivity contribution in [2.24, 2.45) is 33.7 Å². The molecule has 1 aromatic heterocycles. The molecule has 0 saturated carbocycles. The Morgan fingerprint density at radius 2 is 1.65 bits per heavy atom. The van der Waals surface area contributed by atoms with Gasteiger partial charge in [-0.3, -0.25) is 14.6 Å². The third-order valence-electron chi connectivity index (χ3n) is 4.56. The van der Waals surface area contributed by atoms with Gasteiger partial charge in [0.25, 0.3) is 0 Å². The van der Waals surface area contributed by atoms with Crippen LogP contribution in [0.15, 0.2) is 9.52 Å². The van der Waals surface area contributed by atoms with E-state index in [9.17, 15) is 24.3 Å². The Hall–Kier alpha value is -3.95. The van der Waals surface area contributed by atoms with Crippen LogP contribution in [0.1, 0.15) is 68.7 Å². The summed E-state index contributed by atoms with van der Waals surface area (Å²) < 4.78 is 5.22. The highest BCUT2D eigenvalue weighted by atomic mass is 16.5. The Bertz CT molecular complexity index is 869. The highest BCUT2D eigenvalue weighted by molar-refractivity contribution is 5.82. The first kappa shape index (κ1) is 28.1. The first-order valence-corrected chi connectivity index (χ1v) is 10.5. The molecule has 0 radical (unpaired) electrons. The summed E-state index contributed by atoms with van der Waals surface area (Å²) in [6, 6.07) is -3.60. The van der Waals surface area contributed by atoms with E-state index in [0.717, 1.165) is 0 Å². The summed E-state index contributed by atoms with van der Waals surface area (Å²) in [7, 11) is 0. The number of carbonyl (C=O) groups excluding carboxylic acids is 3. The van der Waals surface area contributed by atoms with E-state index >= 15 is 0 Å². The molecular weight excluding hydrogens is 452 g/mol. The number of hydrogen-bond acceptors (Lipinski definition) is 9. The van der Waals surface area contributed by atoms with Crippen molar-refractivity contribution in [2.45, 2.75) is 63.1 Å².